The predicted molar refractivity (Wildman–Crippen MR) is 133 cm³/mol. The average molecular weight is 417 g/mol. The van der Waals surface area contributed by atoms with Crippen molar-refractivity contribution in [3.05, 3.63) is 36.0 Å². The molecule has 0 aliphatic heterocycles. The van der Waals surface area contributed by atoms with Gasteiger partial charge in [0.2, 0.25) is 0 Å². The van der Waals surface area contributed by atoms with Crippen molar-refractivity contribution < 1.29 is 0 Å². The lowest BCUT2D eigenvalue weighted by atomic mass is 9.95. The Labute approximate surface area is 184 Å². The van der Waals surface area contributed by atoms with Crippen molar-refractivity contribution in [2.45, 2.75) is 85.6 Å². The quantitative estimate of drug-likeness (QED) is 0.152. The van der Waals surface area contributed by atoms with Gasteiger partial charge in [-0.15, -0.1) is 0 Å². The maximum Gasteiger partial charge on any atom is 0.136 e. The van der Waals surface area contributed by atoms with Gasteiger partial charge in [-0.1, -0.05) is 60.1 Å². The fourth-order valence-corrected chi connectivity index (χ4v) is 3.96. The smallest absolute Gasteiger partial charge is 0.136 e. The highest BCUT2D eigenvalue weighted by atomic mass is 15.3. The minimum absolute atomic E-state index is 0.226. The molecule has 0 bridgehead atoms. The molecule has 0 saturated heterocycles. The third-order valence-electron chi connectivity index (χ3n) is 5.32. The predicted octanol–water partition coefficient (Wildman–Crippen LogP) is 5.29. The van der Waals surface area contributed by atoms with Crippen LogP contribution in [-0.4, -0.2) is 18.4 Å². The van der Waals surface area contributed by atoms with Crippen molar-refractivity contribution in [2.75, 3.05) is 16.8 Å². The first-order chi connectivity index (χ1) is 14.3. The van der Waals surface area contributed by atoms with Gasteiger partial charge in [-0.2, -0.15) is 5.10 Å². The van der Waals surface area contributed by atoms with Gasteiger partial charge in [-0.3, -0.25) is 0 Å². The van der Waals surface area contributed by atoms with E-state index in [1.54, 1.807) is 0 Å². The zero-order valence-corrected chi connectivity index (χ0v) is 20.0. The van der Waals surface area contributed by atoms with E-state index in [2.05, 4.69) is 80.1 Å². The van der Waals surface area contributed by atoms with Crippen molar-refractivity contribution in [3.63, 3.8) is 0 Å². The van der Waals surface area contributed by atoms with Gasteiger partial charge in [0.05, 0.1) is 11.4 Å². The van der Waals surface area contributed by atoms with Gasteiger partial charge < -0.3 is 21.5 Å². The fraction of sp³-hybridized carbons (Fsp3) is 0.625. The molecule has 1 aromatic rings. The number of hydrazone groups is 1. The van der Waals surface area contributed by atoms with Crippen LogP contribution in [0.5, 0.6) is 0 Å². The average Bonchev–Trinajstić information content (AvgIpc) is 2.69. The van der Waals surface area contributed by atoms with Crippen molar-refractivity contribution in [1.29, 1.82) is 0 Å². The second-order valence-electron chi connectivity index (χ2n) is 8.78. The molecule has 1 rings (SSSR count). The molecule has 6 N–H and O–H groups in total. The first kappa shape index (κ1) is 25.8. The molecule has 1 unspecified atom stereocenters. The van der Waals surface area contributed by atoms with E-state index in [0.29, 0.717) is 24.2 Å². The summed E-state index contributed by atoms with van der Waals surface area (Å²) >= 11 is 0. The number of amidine groups is 1. The number of rotatable bonds is 13. The molecule has 1 aromatic carbocycles. The molecule has 1 atom stereocenters. The molecule has 0 aliphatic rings. The highest BCUT2D eigenvalue weighted by Crippen LogP contribution is 2.35. The summed E-state index contributed by atoms with van der Waals surface area (Å²) in [7, 11) is 0. The molecule has 0 heterocycles. The summed E-state index contributed by atoms with van der Waals surface area (Å²) in [5, 5.41) is 7.24. The van der Waals surface area contributed by atoms with E-state index in [9.17, 15) is 0 Å². The zero-order valence-electron chi connectivity index (χ0n) is 20.0. The number of hydrogen-bond donors (Lipinski definition) is 4. The van der Waals surface area contributed by atoms with Crippen molar-refractivity contribution in [1.82, 2.24) is 5.43 Å². The topological polar surface area (TPSA) is 91.7 Å². The second kappa shape index (κ2) is 13.2. The summed E-state index contributed by atoms with van der Waals surface area (Å²) in [4.78, 5) is 2.60. The van der Waals surface area contributed by atoms with Gasteiger partial charge >= 0.3 is 0 Å². The number of hydrazine groups is 1. The number of allylic oxidation sites excluding steroid dienone is 1. The van der Waals surface area contributed by atoms with E-state index in [4.69, 9.17) is 11.7 Å². The van der Waals surface area contributed by atoms with Crippen molar-refractivity contribution in [3.8, 4) is 0 Å². The molecule has 0 amide bonds. The third-order valence-corrected chi connectivity index (χ3v) is 5.32. The highest BCUT2D eigenvalue weighted by molar-refractivity contribution is 5.82. The van der Waals surface area contributed by atoms with Crippen LogP contribution in [0, 0.1) is 5.92 Å². The first-order valence-electron chi connectivity index (χ1n) is 11.3. The third kappa shape index (κ3) is 7.90. The molecule has 170 valence electrons. The maximum absolute atomic E-state index is 5.51. The monoisotopic (exact) mass is 416 g/mol. The Kier molecular flexibility index (Phi) is 11.3. The Hall–Kier alpha value is -2.21. The molecular formula is C24H44N6. The molecule has 0 aliphatic carbocycles. The number of benzene rings is 1. The molecule has 0 radical (unpaired) electrons. The normalized spacial score (nSPS) is 12.9. The summed E-state index contributed by atoms with van der Waals surface area (Å²) < 4.78 is 0. The van der Waals surface area contributed by atoms with Gasteiger partial charge in [-0.25, -0.2) is 5.84 Å². The number of nitrogens with zero attached hydrogens (tertiary/aromatic N) is 2. The summed E-state index contributed by atoms with van der Waals surface area (Å²) in [6, 6.07) is 7.25. The molecule has 0 spiro atoms. The molecule has 0 saturated carbocycles. The van der Waals surface area contributed by atoms with Gasteiger partial charge in [0.15, 0.2) is 0 Å². The van der Waals surface area contributed by atoms with Crippen LogP contribution in [0.2, 0.25) is 0 Å². The fourth-order valence-electron chi connectivity index (χ4n) is 3.96. The molecule has 6 heteroatoms. The van der Waals surface area contributed by atoms with Crippen LogP contribution in [0.25, 0.3) is 0 Å². The summed E-state index contributed by atoms with van der Waals surface area (Å²) in [6.45, 7) is 18.4. The van der Waals surface area contributed by atoms with Gasteiger partial charge in [0, 0.05) is 24.7 Å². The SMILES string of the molecule is C=C(C)Nc1cc(C(C)C/C(=N/N)NN)ccc1N(CC(C)C)C(CCC)CCC. The Bertz CT molecular complexity index is 676. The van der Waals surface area contributed by atoms with Gasteiger partial charge in [0.1, 0.15) is 5.84 Å². The van der Waals surface area contributed by atoms with E-state index in [1.165, 1.54) is 36.9 Å². The van der Waals surface area contributed by atoms with Crippen molar-refractivity contribution >= 4 is 17.2 Å². The van der Waals surface area contributed by atoms with Crippen LogP contribution in [0.4, 0.5) is 11.4 Å². The van der Waals surface area contributed by atoms with Crippen LogP contribution >= 0.6 is 0 Å². The Morgan fingerprint density at radius 2 is 1.80 bits per heavy atom. The first-order valence-corrected chi connectivity index (χ1v) is 11.3. The molecule has 0 aromatic heterocycles. The Morgan fingerprint density at radius 3 is 2.27 bits per heavy atom. The van der Waals surface area contributed by atoms with E-state index in [-0.39, 0.29) is 5.92 Å². The molecule has 6 nitrogen and oxygen atoms in total. The minimum atomic E-state index is 0.226. The standard InChI is InChI=1S/C24H44N6/c1-8-10-21(11-9-2)30(16-17(3)4)23-13-12-20(15-22(23)27-18(5)6)19(7)14-24(28-25)29-26/h12-13,15,17,19,21,27H,5,8-11,14,16,25-26H2,1-4,6-7H3,(H,28,29). The van der Waals surface area contributed by atoms with Crippen LogP contribution < -0.4 is 27.3 Å². The molecule has 0 fully saturated rings. The lowest BCUT2D eigenvalue weighted by Crippen LogP contribution is -2.38. The lowest BCUT2D eigenvalue weighted by molar-refractivity contribution is 0.472. The Balaban J connectivity index is 3.39. The summed E-state index contributed by atoms with van der Waals surface area (Å²) in [6.07, 6.45) is 5.42. The van der Waals surface area contributed by atoms with Gasteiger partial charge in [0.25, 0.3) is 0 Å². The van der Waals surface area contributed by atoms with E-state index < -0.39 is 0 Å². The number of nitrogens with one attached hydrogen (secondary N) is 2. The number of anilines is 2. The van der Waals surface area contributed by atoms with E-state index >= 15 is 0 Å². The van der Waals surface area contributed by atoms with Crippen molar-refractivity contribution in [2.24, 2.45) is 22.7 Å². The van der Waals surface area contributed by atoms with Crippen LogP contribution in [-0.2, 0) is 0 Å². The zero-order chi connectivity index (χ0) is 22.7. The van der Waals surface area contributed by atoms with Crippen LogP contribution in [0.15, 0.2) is 35.6 Å². The summed E-state index contributed by atoms with van der Waals surface area (Å²) in [5.41, 5.74) is 7.08. The highest BCUT2D eigenvalue weighted by Gasteiger charge is 2.22. The number of nitrogens with two attached hydrogens (primary N) is 2. The number of hydrogen-bond acceptors (Lipinski definition) is 5. The maximum atomic E-state index is 5.51. The van der Waals surface area contributed by atoms with E-state index in [0.717, 1.165) is 17.9 Å². The lowest BCUT2D eigenvalue weighted by Gasteiger charge is -2.37. The van der Waals surface area contributed by atoms with Gasteiger partial charge in [-0.05, 0) is 49.3 Å². The van der Waals surface area contributed by atoms with Crippen LogP contribution in [0.3, 0.4) is 0 Å². The second-order valence-corrected chi connectivity index (χ2v) is 8.78. The molecular weight excluding hydrogens is 372 g/mol. The minimum Gasteiger partial charge on any atom is -0.367 e. The van der Waals surface area contributed by atoms with Crippen LogP contribution in [0.1, 0.15) is 85.1 Å². The largest absolute Gasteiger partial charge is 0.367 e. The summed E-state index contributed by atoms with van der Waals surface area (Å²) in [5.74, 6) is 12.3. The molecule has 30 heavy (non-hydrogen) atoms. The Morgan fingerprint density at radius 1 is 1.17 bits per heavy atom. The van der Waals surface area contributed by atoms with E-state index in [1.807, 2.05) is 6.92 Å².